The normalized spacial score (nSPS) is 12.9. The second kappa shape index (κ2) is 8.79. The van der Waals surface area contributed by atoms with Gasteiger partial charge in [-0.1, -0.05) is 12.1 Å². The maximum Gasteiger partial charge on any atom is 0.358 e. The molecule has 0 aliphatic carbocycles. The van der Waals surface area contributed by atoms with E-state index >= 15 is 0 Å². The minimum atomic E-state index is -0.659. The third kappa shape index (κ3) is 4.28. The van der Waals surface area contributed by atoms with Crippen molar-refractivity contribution in [1.29, 1.82) is 0 Å². The summed E-state index contributed by atoms with van der Waals surface area (Å²) in [5.41, 5.74) is 2.66. The number of fused-ring (bicyclic) bond motifs is 1. The van der Waals surface area contributed by atoms with Crippen molar-refractivity contribution in [2.75, 3.05) is 19.8 Å². The lowest BCUT2D eigenvalue weighted by Crippen LogP contribution is -2.19. The monoisotopic (exact) mass is 386 g/mol. The number of benzene rings is 1. The standard InChI is InChI=1S/C20H22N2O6/c1-3-27-19(24)16-10-17(20(25)28-4-2)22(21-16)11-18(23)14-5-6-15-12-26-8-7-13(15)9-14/h5-6,9-10H,3-4,7-8,11-12H2,1-2H3. The third-order valence-corrected chi connectivity index (χ3v) is 4.34. The molecule has 8 nitrogen and oxygen atoms in total. The zero-order chi connectivity index (χ0) is 20.1. The first kappa shape index (κ1) is 19.8. The fourth-order valence-electron chi connectivity index (χ4n) is 2.98. The van der Waals surface area contributed by atoms with Crippen LogP contribution in [0.15, 0.2) is 24.3 Å². The number of nitrogens with zero attached hydrogens (tertiary/aromatic N) is 2. The average Bonchev–Trinajstić information content (AvgIpc) is 3.12. The van der Waals surface area contributed by atoms with Crippen LogP contribution in [0, 0.1) is 0 Å². The smallest absolute Gasteiger partial charge is 0.358 e. The van der Waals surface area contributed by atoms with Gasteiger partial charge in [-0.15, -0.1) is 0 Å². The Bertz CT molecular complexity index is 902. The Hall–Kier alpha value is -3.00. The van der Waals surface area contributed by atoms with E-state index < -0.39 is 11.9 Å². The van der Waals surface area contributed by atoms with Gasteiger partial charge in [-0.05, 0) is 37.5 Å². The summed E-state index contributed by atoms with van der Waals surface area (Å²) in [5, 5.41) is 4.09. The summed E-state index contributed by atoms with van der Waals surface area (Å²) >= 11 is 0. The van der Waals surface area contributed by atoms with Gasteiger partial charge in [0, 0.05) is 11.6 Å². The fraction of sp³-hybridized carbons (Fsp3) is 0.400. The molecule has 0 spiro atoms. The van der Waals surface area contributed by atoms with Gasteiger partial charge in [0.05, 0.1) is 26.4 Å². The van der Waals surface area contributed by atoms with Crippen LogP contribution < -0.4 is 0 Å². The molecule has 2 heterocycles. The van der Waals surface area contributed by atoms with Crippen LogP contribution in [0.25, 0.3) is 0 Å². The van der Waals surface area contributed by atoms with Gasteiger partial charge in [-0.25, -0.2) is 14.3 Å². The van der Waals surface area contributed by atoms with Gasteiger partial charge in [-0.2, -0.15) is 5.10 Å². The van der Waals surface area contributed by atoms with E-state index in [9.17, 15) is 14.4 Å². The zero-order valence-corrected chi connectivity index (χ0v) is 15.9. The first-order valence-corrected chi connectivity index (χ1v) is 9.18. The van der Waals surface area contributed by atoms with E-state index in [2.05, 4.69) is 5.10 Å². The highest BCUT2D eigenvalue weighted by Gasteiger charge is 2.23. The summed E-state index contributed by atoms with van der Waals surface area (Å²) < 4.78 is 16.5. The summed E-state index contributed by atoms with van der Waals surface area (Å²) in [6.07, 6.45) is 0.749. The summed E-state index contributed by atoms with van der Waals surface area (Å²) in [5.74, 6) is -1.53. The molecule has 0 unspecified atom stereocenters. The Balaban J connectivity index is 1.86. The van der Waals surface area contributed by atoms with Crippen LogP contribution in [0.5, 0.6) is 0 Å². The Morgan fingerprint density at radius 1 is 1.07 bits per heavy atom. The van der Waals surface area contributed by atoms with Gasteiger partial charge >= 0.3 is 11.9 Å². The first-order valence-electron chi connectivity index (χ1n) is 9.18. The molecule has 0 bridgehead atoms. The number of hydrogen-bond acceptors (Lipinski definition) is 7. The van der Waals surface area contributed by atoms with Crippen molar-refractivity contribution in [3.8, 4) is 0 Å². The van der Waals surface area contributed by atoms with Gasteiger partial charge in [0.1, 0.15) is 12.2 Å². The van der Waals surface area contributed by atoms with Gasteiger partial charge in [0.25, 0.3) is 0 Å². The molecule has 0 N–H and O–H groups in total. The van der Waals surface area contributed by atoms with Crippen LogP contribution in [-0.2, 0) is 33.8 Å². The fourth-order valence-corrected chi connectivity index (χ4v) is 2.98. The van der Waals surface area contributed by atoms with E-state index in [-0.39, 0.29) is 36.9 Å². The highest BCUT2D eigenvalue weighted by Crippen LogP contribution is 2.19. The number of rotatable bonds is 7. The van der Waals surface area contributed by atoms with Gasteiger partial charge in [0.15, 0.2) is 11.5 Å². The predicted octanol–water partition coefficient (Wildman–Crippen LogP) is 2.19. The summed E-state index contributed by atoms with van der Waals surface area (Å²) in [6, 6.07) is 6.74. The topological polar surface area (TPSA) is 96.7 Å². The minimum Gasteiger partial charge on any atom is -0.461 e. The van der Waals surface area contributed by atoms with E-state index in [1.807, 2.05) is 12.1 Å². The summed E-state index contributed by atoms with van der Waals surface area (Å²) in [7, 11) is 0. The molecule has 0 amide bonds. The number of Topliss-reactive ketones (excluding diaryl/α,β-unsaturated/α-hetero) is 1. The second-order valence-electron chi connectivity index (χ2n) is 6.22. The van der Waals surface area contributed by atoms with Gasteiger partial charge in [0.2, 0.25) is 0 Å². The molecule has 0 fully saturated rings. The lowest BCUT2D eigenvalue weighted by atomic mass is 9.98. The van der Waals surface area contributed by atoms with E-state index in [1.165, 1.54) is 10.7 Å². The minimum absolute atomic E-state index is 0.0320. The van der Waals surface area contributed by atoms with E-state index in [0.717, 1.165) is 17.5 Å². The quantitative estimate of drug-likeness (QED) is 0.531. The van der Waals surface area contributed by atoms with Crippen LogP contribution in [0.2, 0.25) is 0 Å². The Morgan fingerprint density at radius 3 is 2.57 bits per heavy atom. The molecule has 0 radical (unpaired) electrons. The number of esters is 2. The largest absolute Gasteiger partial charge is 0.461 e. The molecular formula is C20H22N2O6. The van der Waals surface area contributed by atoms with Gasteiger partial charge in [-0.3, -0.25) is 4.79 Å². The van der Waals surface area contributed by atoms with Crippen molar-refractivity contribution in [3.63, 3.8) is 0 Å². The van der Waals surface area contributed by atoms with Crippen LogP contribution in [0.3, 0.4) is 0 Å². The van der Waals surface area contributed by atoms with Crippen LogP contribution in [-0.4, -0.2) is 47.3 Å². The van der Waals surface area contributed by atoms with Crippen molar-refractivity contribution < 1.29 is 28.6 Å². The molecular weight excluding hydrogens is 364 g/mol. The molecule has 1 aromatic heterocycles. The molecule has 0 saturated carbocycles. The lowest BCUT2D eigenvalue weighted by Gasteiger charge is -2.17. The van der Waals surface area contributed by atoms with Gasteiger partial charge < -0.3 is 14.2 Å². The zero-order valence-electron chi connectivity index (χ0n) is 15.9. The average molecular weight is 386 g/mol. The Kier molecular flexibility index (Phi) is 6.20. The summed E-state index contributed by atoms with van der Waals surface area (Å²) in [4.78, 5) is 36.9. The number of ketones is 1. The Labute approximate surface area is 162 Å². The van der Waals surface area contributed by atoms with Crippen molar-refractivity contribution in [2.24, 2.45) is 0 Å². The highest BCUT2D eigenvalue weighted by atomic mass is 16.5. The van der Waals surface area contributed by atoms with E-state index in [4.69, 9.17) is 14.2 Å². The predicted molar refractivity (Wildman–Crippen MR) is 98.3 cm³/mol. The molecule has 0 atom stereocenters. The van der Waals surface area contributed by atoms with Crippen molar-refractivity contribution in [3.05, 3.63) is 52.3 Å². The van der Waals surface area contributed by atoms with Crippen LogP contribution >= 0.6 is 0 Å². The molecule has 28 heavy (non-hydrogen) atoms. The Morgan fingerprint density at radius 2 is 1.82 bits per heavy atom. The van der Waals surface area contributed by atoms with Crippen molar-refractivity contribution in [2.45, 2.75) is 33.4 Å². The van der Waals surface area contributed by atoms with E-state index in [0.29, 0.717) is 18.8 Å². The molecule has 8 heteroatoms. The van der Waals surface area contributed by atoms with Crippen molar-refractivity contribution in [1.82, 2.24) is 9.78 Å². The van der Waals surface area contributed by atoms with Crippen molar-refractivity contribution >= 4 is 17.7 Å². The highest BCUT2D eigenvalue weighted by molar-refractivity contribution is 5.98. The molecule has 2 aromatic rings. The SMILES string of the molecule is CCOC(=O)c1cc(C(=O)OCC)n(CC(=O)c2ccc3c(c2)CCOC3)n1. The number of hydrogen-bond donors (Lipinski definition) is 0. The maximum absolute atomic E-state index is 12.8. The molecule has 148 valence electrons. The maximum atomic E-state index is 12.8. The molecule has 0 saturated heterocycles. The van der Waals surface area contributed by atoms with E-state index in [1.54, 1.807) is 19.9 Å². The number of carbonyl (C=O) groups is 3. The molecule has 1 aliphatic heterocycles. The summed E-state index contributed by atoms with van der Waals surface area (Å²) in [6.45, 7) is 4.66. The number of carbonyl (C=O) groups excluding carboxylic acids is 3. The van der Waals surface area contributed by atoms with Crippen LogP contribution in [0.4, 0.5) is 0 Å². The second-order valence-corrected chi connectivity index (χ2v) is 6.22. The molecule has 1 aromatic carbocycles. The first-order chi connectivity index (χ1) is 13.5. The number of ether oxygens (including phenoxy) is 3. The third-order valence-electron chi connectivity index (χ3n) is 4.34. The molecule has 1 aliphatic rings. The lowest BCUT2D eigenvalue weighted by molar-refractivity contribution is 0.0505. The molecule has 3 rings (SSSR count). The van der Waals surface area contributed by atoms with Crippen LogP contribution in [0.1, 0.15) is 56.3 Å². The number of aromatic nitrogens is 2.